The van der Waals surface area contributed by atoms with Crippen molar-refractivity contribution in [2.24, 2.45) is 23.2 Å². The van der Waals surface area contributed by atoms with E-state index in [1.165, 1.54) is 32.1 Å². The number of fused-ring (bicyclic) bond motifs is 3. The Bertz CT molecular complexity index is 195. The van der Waals surface area contributed by atoms with E-state index in [9.17, 15) is 0 Å². The topological polar surface area (TPSA) is 0 Å². The lowest BCUT2D eigenvalue weighted by Gasteiger charge is -2.27. The van der Waals surface area contributed by atoms with E-state index in [2.05, 4.69) is 20.8 Å². The molecule has 2 saturated carbocycles. The molecule has 0 heterocycles. The molecule has 0 heteroatoms. The number of hydrogen-bond donors (Lipinski definition) is 0. The van der Waals surface area contributed by atoms with Gasteiger partial charge >= 0.3 is 0 Å². The third kappa shape index (κ3) is 3.79. The van der Waals surface area contributed by atoms with Crippen LogP contribution in [0.4, 0.5) is 0 Å². The van der Waals surface area contributed by atoms with Crippen molar-refractivity contribution < 1.29 is 0 Å². The van der Waals surface area contributed by atoms with Crippen molar-refractivity contribution in [3.63, 3.8) is 0 Å². The molecule has 2 aliphatic rings. The molecule has 0 aromatic carbocycles. The standard InChI is InChI=1S/C16H30/c1-16(2,3)12-15-10-13-6-4-5-7-14(11-15)9-8-13/h13-15H,4-12H2,1-3H3. The van der Waals surface area contributed by atoms with Gasteiger partial charge in [-0.25, -0.2) is 0 Å². The highest BCUT2D eigenvalue weighted by Crippen LogP contribution is 2.42. The van der Waals surface area contributed by atoms with Gasteiger partial charge in [0.15, 0.2) is 0 Å². The van der Waals surface area contributed by atoms with Crippen LogP contribution in [-0.4, -0.2) is 0 Å². The van der Waals surface area contributed by atoms with Crippen LogP contribution < -0.4 is 0 Å². The first-order chi connectivity index (χ1) is 7.53. The molecule has 16 heavy (non-hydrogen) atoms. The van der Waals surface area contributed by atoms with Crippen LogP contribution in [0.5, 0.6) is 0 Å². The Morgan fingerprint density at radius 2 is 1.31 bits per heavy atom. The minimum atomic E-state index is 0.540. The molecule has 2 aliphatic carbocycles. The molecule has 0 nitrogen and oxygen atoms in total. The Kier molecular flexibility index (Phi) is 3.97. The molecule has 2 unspecified atom stereocenters. The van der Waals surface area contributed by atoms with Gasteiger partial charge in [-0.15, -0.1) is 0 Å². The van der Waals surface area contributed by atoms with Crippen molar-refractivity contribution in [2.75, 3.05) is 0 Å². The smallest absolute Gasteiger partial charge is 0.0380 e. The lowest BCUT2D eigenvalue weighted by atomic mass is 9.78. The van der Waals surface area contributed by atoms with Crippen molar-refractivity contribution in [3.05, 3.63) is 0 Å². The molecule has 0 spiro atoms. The van der Waals surface area contributed by atoms with E-state index in [1.54, 1.807) is 25.7 Å². The van der Waals surface area contributed by atoms with Gasteiger partial charge in [0.05, 0.1) is 0 Å². The Morgan fingerprint density at radius 1 is 0.812 bits per heavy atom. The highest BCUT2D eigenvalue weighted by atomic mass is 14.3. The zero-order valence-corrected chi connectivity index (χ0v) is 11.6. The summed E-state index contributed by atoms with van der Waals surface area (Å²) in [5.74, 6) is 3.20. The number of rotatable bonds is 1. The quantitative estimate of drug-likeness (QED) is 0.556. The average Bonchev–Trinajstić information content (AvgIpc) is 2.23. The van der Waals surface area contributed by atoms with Crippen LogP contribution in [0.2, 0.25) is 0 Å². The molecule has 0 radical (unpaired) electrons. The summed E-state index contributed by atoms with van der Waals surface area (Å²) < 4.78 is 0. The van der Waals surface area contributed by atoms with E-state index in [0.717, 1.165) is 17.8 Å². The Labute approximate surface area is 102 Å². The Morgan fingerprint density at radius 3 is 1.75 bits per heavy atom. The van der Waals surface area contributed by atoms with Gasteiger partial charge in [0.25, 0.3) is 0 Å². The van der Waals surface area contributed by atoms with Crippen LogP contribution in [0.25, 0.3) is 0 Å². The highest BCUT2D eigenvalue weighted by Gasteiger charge is 2.29. The average molecular weight is 222 g/mol. The molecule has 2 bridgehead atoms. The predicted molar refractivity (Wildman–Crippen MR) is 71.5 cm³/mol. The molecule has 2 fully saturated rings. The first kappa shape index (κ1) is 12.5. The summed E-state index contributed by atoms with van der Waals surface area (Å²) in [6.07, 6.45) is 13.8. The largest absolute Gasteiger partial charge is 0.0602 e. The first-order valence-electron chi connectivity index (χ1n) is 7.53. The van der Waals surface area contributed by atoms with E-state index >= 15 is 0 Å². The van der Waals surface area contributed by atoms with E-state index in [4.69, 9.17) is 0 Å². The second-order valence-electron chi connectivity index (χ2n) is 7.70. The summed E-state index contributed by atoms with van der Waals surface area (Å²) in [6.45, 7) is 7.25. The lowest BCUT2D eigenvalue weighted by Crippen LogP contribution is -2.16. The van der Waals surface area contributed by atoms with E-state index in [0.29, 0.717) is 5.41 Å². The molecular formula is C16H30. The monoisotopic (exact) mass is 222 g/mol. The van der Waals surface area contributed by atoms with Crippen molar-refractivity contribution in [1.82, 2.24) is 0 Å². The van der Waals surface area contributed by atoms with E-state index in [-0.39, 0.29) is 0 Å². The number of hydrogen-bond acceptors (Lipinski definition) is 0. The van der Waals surface area contributed by atoms with Gasteiger partial charge in [-0.3, -0.25) is 0 Å². The summed E-state index contributed by atoms with van der Waals surface area (Å²) >= 11 is 0. The molecule has 0 aromatic rings. The van der Waals surface area contributed by atoms with Gasteiger partial charge in [0.2, 0.25) is 0 Å². The summed E-state index contributed by atoms with van der Waals surface area (Å²) in [6, 6.07) is 0. The van der Waals surface area contributed by atoms with Crippen LogP contribution in [0.3, 0.4) is 0 Å². The molecule has 2 atom stereocenters. The molecule has 0 aliphatic heterocycles. The highest BCUT2D eigenvalue weighted by molar-refractivity contribution is 4.81. The predicted octanol–water partition coefficient (Wildman–Crippen LogP) is 5.42. The maximum atomic E-state index is 2.42. The summed E-state index contributed by atoms with van der Waals surface area (Å²) in [5.41, 5.74) is 0.540. The van der Waals surface area contributed by atoms with Crippen molar-refractivity contribution in [1.29, 1.82) is 0 Å². The van der Waals surface area contributed by atoms with Crippen molar-refractivity contribution >= 4 is 0 Å². The van der Waals surface area contributed by atoms with Crippen LogP contribution in [0.1, 0.15) is 78.6 Å². The van der Waals surface area contributed by atoms with Gasteiger partial charge in [0, 0.05) is 0 Å². The second kappa shape index (κ2) is 5.10. The minimum absolute atomic E-state index is 0.540. The molecule has 0 amide bonds. The van der Waals surface area contributed by atoms with Crippen LogP contribution in [-0.2, 0) is 0 Å². The Balaban J connectivity index is 1.98. The van der Waals surface area contributed by atoms with Crippen LogP contribution >= 0.6 is 0 Å². The third-order valence-corrected chi connectivity index (χ3v) is 4.69. The minimum Gasteiger partial charge on any atom is -0.0602 e. The maximum absolute atomic E-state index is 2.42. The molecular weight excluding hydrogens is 192 g/mol. The molecule has 0 aromatic heterocycles. The van der Waals surface area contributed by atoms with Gasteiger partial charge in [-0.05, 0) is 42.4 Å². The second-order valence-corrected chi connectivity index (χ2v) is 7.70. The van der Waals surface area contributed by atoms with Gasteiger partial charge in [0.1, 0.15) is 0 Å². The van der Waals surface area contributed by atoms with Crippen molar-refractivity contribution in [3.8, 4) is 0 Å². The summed E-state index contributed by atoms with van der Waals surface area (Å²) in [5, 5.41) is 0. The third-order valence-electron chi connectivity index (χ3n) is 4.69. The Hall–Kier alpha value is 0. The summed E-state index contributed by atoms with van der Waals surface area (Å²) in [4.78, 5) is 0. The SMILES string of the molecule is CC(C)(C)CC1CC2CCCCC(CC2)C1. The van der Waals surface area contributed by atoms with Crippen LogP contribution in [0, 0.1) is 23.2 Å². The fourth-order valence-electron chi connectivity index (χ4n) is 4.17. The molecule has 0 saturated heterocycles. The fraction of sp³-hybridized carbons (Fsp3) is 1.00. The summed E-state index contributed by atoms with van der Waals surface area (Å²) in [7, 11) is 0. The molecule has 94 valence electrons. The maximum Gasteiger partial charge on any atom is -0.0380 e. The molecule has 0 N–H and O–H groups in total. The first-order valence-corrected chi connectivity index (χ1v) is 7.53. The fourth-order valence-corrected chi connectivity index (χ4v) is 4.17. The zero-order chi connectivity index (χ0) is 11.6. The van der Waals surface area contributed by atoms with Crippen molar-refractivity contribution in [2.45, 2.75) is 78.6 Å². The normalized spacial score (nSPS) is 36.6. The van der Waals surface area contributed by atoms with E-state index in [1.807, 2.05) is 0 Å². The lowest BCUT2D eigenvalue weighted by molar-refractivity contribution is 0.240. The van der Waals surface area contributed by atoms with Gasteiger partial charge < -0.3 is 0 Å². The zero-order valence-electron chi connectivity index (χ0n) is 11.6. The molecule has 2 rings (SSSR count). The van der Waals surface area contributed by atoms with Gasteiger partial charge in [-0.2, -0.15) is 0 Å². The van der Waals surface area contributed by atoms with E-state index < -0.39 is 0 Å². The van der Waals surface area contributed by atoms with Gasteiger partial charge in [-0.1, -0.05) is 59.3 Å². The van der Waals surface area contributed by atoms with Crippen LogP contribution in [0.15, 0.2) is 0 Å².